The lowest BCUT2D eigenvalue weighted by molar-refractivity contribution is -0.138. The summed E-state index contributed by atoms with van der Waals surface area (Å²) < 4.78 is 7.90. The molecular formula is C18H21N3O2. The molecule has 1 aromatic heterocycles. The number of aromatic nitrogens is 2. The van der Waals surface area contributed by atoms with E-state index in [2.05, 4.69) is 15.6 Å². The largest absolute Gasteiger partial charge is 0.492 e. The Labute approximate surface area is 135 Å². The van der Waals surface area contributed by atoms with Gasteiger partial charge in [-0.3, -0.25) is 4.79 Å². The Balaban J connectivity index is 1.45. The lowest BCUT2D eigenvalue weighted by Gasteiger charge is -2.36. The van der Waals surface area contributed by atoms with Crippen LogP contribution in [0.3, 0.4) is 0 Å². The van der Waals surface area contributed by atoms with Crippen molar-refractivity contribution >= 4 is 5.91 Å². The van der Waals surface area contributed by atoms with Crippen molar-refractivity contribution in [2.24, 2.45) is 5.92 Å². The first kappa shape index (κ1) is 14.3. The number of hydrogen-bond donors (Lipinski definition) is 0. The van der Waals surface area contributed by atoms with Gasteiger partial charge in [-0.15, -0.1) is 0 Å². The number of rotatable bonds is 2. The zero-order valence-corrected chi connectivity index (χ0v) is 13.1. The third-order valence-corrected chi connectivity index (χ3v) is 4.88. The number of fused-ring (bicyclic) bond motifs is 1. The minimum atomic E-state index is -0.0635. The second-order valence-electron chi connectivity index (χ2n) is 6.41. The van der Waals surface area contributed by atoms with Crippen molar-refractivity contribution < 1.29 is 9.53 Å². The molecule has 0 aliphatic carbocycles. The number of imidazole rings is 1. The van der Waals surface area contributed by atoms with Gasteiger partial charge in [-0.1, -0.05) is 18.2 Å². The lowest BCUT2D eigenvalue weighted by atomic mass is 9.94. The molecule has 23 heavy (non-hydrogen) atoms. The predicted molar refractivity (Wildman–Crippen MR) is 86.2 cm³/mol. The fourth-order valence-electron chi connectivity index (χ4n) is 3.63. The molecule has 2 aromatic rings. The molecule has 0 spiro atoms. The summed E-state index contributed by atoms with van der Waals surface area (Å²) in [5.41, 5.74) is 1.14. The van der Waals surface area contributed by atoms with E-state index in [1.54, 1.807) is 6.20 Å². The number of carbonyl (C=O) groups excluding carboxylic acids is 1. The number of carbonyl (C=O) groups is 1. The molecule has 1 aromatic carbocycles. The van der Waals surface area contributed by atoms with Crippen molar-refractivity contribution in [3.63, 3.8) is 0 Å². The molecule has 5 heteroatoms. The Morgan fingerprint density at radius 1 is 1.30 bits per heavy atom. The van der Waals surface area contributed by atoms with Gasteiger partial charge in [0.25, 0.3) is 0 Å². The molecule has 2 unspecified atom stereocenters. The van der Waals surface area contributed by atoms with E-state index in [4.69, 9.17) is 4.74 Å². The Bertz CT molecular complexity index is 683. The van der Waals surface area contributed by atoms with Gasteiger partial charge in [0, 0.05) is 25.5 Å². The van der Waals surface area contributed by atoms with Crippen LogP contribution in [0.4, 0.5) is 0 Å². The summed E-state index contributed by atoms with van der Waals surface area (Å²) in [6.07, 6.45) is 8.55. The first-order valence-corrected chi connectivity index (χ1v) is 8.28. The summed E-state index contributed by atoms with van der Waals surface area (Å²) in [4.78, 5) is 19.0. The Hall–Kier alpha value is -2.30. The van der Waals surface area contributed by atoms with Gasteiger partial charge in [0.1, 0.15) is 12.4 Å². The molecule has 1 amide bonds. The van der Waals surface area contributed by atoms with E-state index in [0.717, 1.165) is 43.7 Å². The highest BCUT2D eigenvalue weighted by Gasteiger charge is 2.32. The quantitative estimate of drug-likeness (QED) is 0.855. The molecule has 3 heterocycles. The van der Waals surface area contributed by atoms with E-state index in [9.17, 15) is 4.79 Å². The molecule has 5 nitrogen and oxygen atoms in total. The van der Waals surface area contributed by atoms with Crippen molar-refractivity contribution in [1.82, 2.24) is 14.5 Å². The zero-order valence-electron chi connectivity index (χ0n) is 13.1. The first-order chi connectivity index (χ1) is 11.3. The van der Waals surface area contributed by atoms with Crippen molar-refractivity contribution in [3.05, 3.63) is 48.5 Å². The average molecular weight is 311 g/mol. The maximum absolute atomic E-state index is 12.9. The molecule has 0 radical (unpaired) electrons. The molecule has 2 aliphatic heterocycles. The van der Waals surface area contributed by atoms with Crippen LogP contribution in [-0.4, -0.2) is 40.1 Å². The second kappa shape index (κ2) is 6.07. The number of para-hydroxylation sites is 1. The molecule has 1 saturated heterocycles. The van der Waals surface area contributed by atoms with Crippen LogP contribution in [0.25, 0.3) is 0 Å². The van der Waals surface area contributed by atoms with Gasteiger partial charge in [0.2, 0.25) is 5.91 Å². The number of nitrogens with zero attached hydrogens (tertiary/aromatic N) is 3. The lowest BCUT2D eigenvalue weighted by Crippen LogP contribution is -2.46. The minimum absolute atomic E-state index is 0.0635. The van der Waals surface area contributed by atoms with Crippen molar-refractivity contribution in [1.29, 1.82) is 0 Å². The highest BCUT2D eigenvalue weighted by molar-refractivity contribution is 5.80. The summed E-state index contributed by atoms with van der Waals surface area (Å²) in [5, 5.41) is 0. The van der Waals surface area contributed by atoms with Crippen LogP contribution in [0, 0.1) is 5.92 Å². The van der Waals surface area contributed by atoms with E-state index < -0.39 is 0 Å². The number of ether oxygens (including phenoxy) is 1. The van der Waals surface area contributed by atoms with E-state index in [1.807, 2.05) is 35.6 Å². The van der Waals surface area contributed by atoms with Crippen LogP contribution in [0.5, 0.6) is 5.75 Å². The van der Waals surface area contributed by atoms with Gasteiger partial charge in [-0.2, -0.15) is 0 Å². The van der Waals surface area contributed by atoms with Crippen LogP contribution >= 0.6 is 0 Å². The Kier molecular flexibility index (Phi) is 3.77. The van der Waals surface area contributed by atoms with Crippen LogP contribution in [0.1, 0.15) is 24.4 Å². The molecule has 0 bridgehead atoms. The van der Waals surface area contributed by atoms with Gasteiger partial charge < -0.3 is 14.2 Å². The second-order valence-corrected chi connectivity index (χ2v) is 6.41. The van der Waals surface area contributed by atoms with Crippen LogP contribution in [0.2, 0.25) is 0 Å². The highest BCUT2D eigenvalue weighted by Crippen LogP contribution is 2.29. The predicted octanol–water partition coefficient (Wildman–Crippen LogP) is 2.30. The van der Waals surface area contributed by atoms with Crippen LogP contribution < -0.4 is 4.74 Å². The van der Waals surface area contributed by atoms with E-state index in [0.29, 0.717) is 12.6 Å². The van der Waals surface area contributed by atoms with E-state index in [-0.39, 0.29) is 11.8 Å². The van der Waals surface area contributed by atoms with E-state index in [1.165, 1.54) is 0 Å². The zero-order chi connectivity index (χ0) is 15.6. The van der Waals surface area contributed by atoms with Crippen molar-refractivity contribution in [2.75, 3.05) is 19.7 Å². The van der Waals surface area contributed by atoms with Gasteiger partial charge in [-0.05, 0) is 30.9 Å². The van der Waals surface area contributed by atoms with Gasteiger partial charge in [0.15, 0.2) is 0 Å². The fourth-order valence-corrected chi connectivity index (χ4v) is 3.63. The standard InChI is InChI=1S/C18H21N3O2/c22-18(15-10-14-4-1-2-6-17(14)23-12-15)20-8-3-5-16(11-20)21-9-7-19-13-21/h1-2,4,6-7,9,13,15-16H,3,5,8,10-12H2. The van der Waals surface area contributed by atoms with Crippen molar-refractivity contribution in [2.45, 2.75) is 25.3 Å². The van der Waals surface area contributed by atoms with Gasteiger partial charge in [0.05, 0.1) is 18.3 Å². The number of likely N-dealkylation sites (tertiary alicyclic amines) is 1. The van der Waals surface area contributed by atoms with Crippen LogP contribution in [-0.2, 0) is 11.2 Å². The molecule has 0 saturated carbocycles. The van der Waals surface area contributed by atoms with Gasteiger partial charge >= 0.3 is 0 Å². The summed E-state index contributed by atoms with van der Waals surface area (Å²) in [6.45, 7) is 2.11. The maximum Gasteiger partial charge on any atom is 0.229 e. The molecule has 2 aliphatic rings. The average Bonchev–Trinajstić information content (AvgIpc) is 3.15. The molecule has 120 valence electrons. The fraction of sp³-hybridized carbons (Fsp3) is 0.444. The molecule has 2 atom stereocenters. The number of hydrogen-bond acceptors (Lipinski definition) is 3. The summed E-state index contributed by atoms with van der Waals surface area (Å²) in [6, 6.07) is 8.35. The molecular weight excluding hydrogens is 290 g/mol. The SMILES string of the molecule is O=C(C1COc2ccccc2C1)N1CCCC(n2ccnc2)C1. The Morgan fingerprint density at radius 3 is 3.09 bits per heavy atom. The molecule has 0 N–H and O–H groups in total. The smallest absolute Gasteiger partial charge is 0.229 e. The monoisotopic (exact) mass is 311 g/mol. The summed E-state index contributed by atoms with van der Waals surface area (Å²) >= 11 is 0. The molecule has 1 fully saturated rings. The number of benzene rings is 1. The number of amides is 1. The topological polar surface area (TPSA) is 47.4 Å². The van der Waals surface area contributed by atoms with Gasteiger partial charge in [-0.25, -0.2) is 4.98 Å². The third kappa shape index (κ3) is 2.83. The summed E-state index contributed by atoms with van der Waals surface area (Å²) in [5.74, 6) is 1.09. The normalized spacial score (nSPS) is 23.9. The van der Waals surface area contributed by atoms with Crippen LogP contribution in [0.15, 0.2) is 43.0 Å². The first-order valence-electron chi connectivity index (χ1n) is 8.28. The highest BCUT2D eigenvalue weighted by atomic mass is 16.5. The molecule has 4 rings (SSSR count). The van der Waals surface area contributed by atoms with Crippen molar-refractivity contribution in [3.8, 4) is 5.75 Å². The Morgan fingerprint density at radius 2 is 2.22 bits per heavy atom. The van der Waals surface area contributed by atoms with E-state index >= 15 is 0 Å². The minimum Gasteiger partial charge on any atom is -0.492 e. The number of piperidine rings is 1. The maximum atomic E-state index is 12.9. The summed E-state index contributed by atoms with van der Waals surface area (Å²) in [7, 11) is 0. The third-order valence-electron chi connectivity index (χ3n) is 4.88.